The molecule has 0 aliphatic carbocycles. The lowest BCUT2D eigenvalue weighted by Crippen LogP contribution is -2.12. The standard InChI is InChI=1S/C14H11BrClNO2.C14H12BrNO2.C14H13NO2.2C13H9BrClNO2.C13H10BrNO2.C13H10ClNO2.C13H11NO2/c1-8-5-9(15)6-12(13(8)18)14(19)17-11-4-2-3-10(16)7-11;1-9-7-10(15)8-12(13(9)17)14(18)16-11-5-3-2-4-6-11;1-10-6-5-9-12(13(10)16)14(17)15-11-7-3-2-4-8-11;2*14-8-4-5-12(17)11(6-8)13(18)16-10-3-1-2-9(15)7-10;14-9-6-7-12(16)11(8-9)13(17)15-10-4-2-1-3-5-10;14-9-4-3-5-10(8-9)15-13(17)11-6-1-2-7-12(11)16;15-12-9-5-4-8-11(12)13(16)14-10-6-2-1-3-7-10/h2-7,18H,1H3,(H,17,19);2-8,17H,1H3,(H,16,18);2-9,16H,1H3,(H,15,17);2*1-7,17H,(H,16,18);2*1-8,16H,(H,15,17);1-9,15H,(H,14,16). The second-order valence-electron chi connectivity index (χ2n) is 29.4. The topological polar surface area (TPSA) is 395 Å². The average molecular weight is 2280 g/mol. The lowest BCUT2D eigenvalue weighted by atomic mass is 10.1. The van der Waals surface area contributed by atoms with E-state index in [1.807, 2.05) is 72.8 Å². The first-order chi connectivity index (χ1) is 66.9. The number of aryl methyl sites for hydroxylation is 3. The zero-order valence-corrected chi connectivity index (χ0v) is 84.8. The fourth-order valence-electron chi connectivity index (χ4n) is 12.0. The molecule has 16 rings (SSSR count). The minimum Gasteiger partial charge on any atom is -0.507 e. The summed E-state index contributed by atoms with van der Waals surface area (Å²) in [6.45, 7) is 5.24. The minimum absolute atomic E-state index is 0.00614. The molecular weight excluding hydrogens is 2190 g/mol. The van der Waals surface area contributed by atoms with Crippen LogP contribution < -0.4 is 42.5 Å². The van der Waals surface area contributed by atoms with Crippen LogP contribution in [0.25, 0.3) is 0 Å². The summed E-state index contributed by atoms with van der Waals surface area (Å²) in [4.78, 5) is 95.5. The number of para-hydroxylation sites is 7. The van der Waals surface area contributed by atoms with Gasteiger partial charge in [0.25, 0.3) is 47.3 Å². The van der Waals surface area contributed by atoms with Gasteiger partial charge in [0, 0.05) is 88.0 Å². The molecule has 16 aromatic rings. The van der Waals surface area contributed by atoms with E-state index in [1.54, 1.807) is 282 Å². The summed E-state index contributed by atoms with van der Waals surface area (Å²) in [5.74, 6) is -3.07. The second-order valence-corrected chi connectivity index (χ2v) is 35.7. The largest absolute Gasteiger partial charge is 0.507 e. The number of nitrogens with one attached hydrogen (secondary N) is 8. The third-order valence-corrected chi connectivity index (χ3v) is 22.2. The summed E-state index contributed by atoms with van der Waals surface area (Å²) < 4.78 is 3.68. The van der Waals surface area contributed by atoms with Gasteiger partial charge in [0.05, 0.1) is 44.5 Å². The van der Waals surface area contributed by atoms with Crippen LogP contribution in [-0.4, -0.2) is 88.1 Å². The van der Waals surface area contributed by atoms with E-state index in [-0.39, 0.29) is 126 Å². The fraction of sp³-hybridized carbons (Fsp3) is 0.0280. The van der Waals surface area contributed by atoms with E-state index < -0.39 is 11.8 Å². The number of phenolic OH excluding ortho intramolecular Hbond substituents is 8. The Labute approximate surface area is 867 Å². The normalized spacial score (nSPS) is 10.0. The first kappa shape index (κ1) is 109. The molecule has 0 aromatic heterocycles. The Bertz CT molecular complexity index is 6900. The van der Waals surface area contributed by atoms with Crippen molar-refractivity contribution in [3.63, 3.8) is 0 Å². The van der Waals surface area contributed by atoms with Crippen LogP contribution in [0.2, 0.25) is 20.1 Å². The Hall–Kier alpha value is -14.8. The number of anilines is 8. The van der Waals surface area contributed by atoms with Crippen molar-refractivity contribution in [2.24, 2.45) is 0 Å². The van der Waals surface area contributed by atoms with E-state index in [9.17, 15) is 79.2 Å². The van der Waals surface area contributed by atoms with Crippen LogP contribution in [0.5, 0.6) is 46.0 Å². The van der Waals surface area contributed by atoms with Crippen molar-refractivity contribution < 1.29 is 79.2 Å². The highest BCUT2D eigenvalue weighted by Crippen LogP contribution is 2.34. The van der Waals surface area contributed by atoms with Gasteiger partial charge in [-0.05, 0) is 268 Å². The van der Waals surface area contributed by atoms with Gasteiger partial charge in [0.15, 0.2) is 0 Å². The highest BCUT2D eigenvalue weighted by Gasteiger charge is 2.21. The molecule has 16 N–H and O–H groups in total. The number of halogens is 9. The molecule has 24 nitrogen and oxygen atoms in total. The van der Waals surface area contributed by atoms with Crippen LogP contribution in [0, 0.1) is 20.8 Å². The molecular formula is C107H85Br5Cl4N8O16. The van der Waals surface area contributed by atoms with E-state index in [2.05, 4.69) is 122 Å². The van der Waals surface area contributed by atoms with Crippen molar-refractivity contribution in [2.75, 3.05) is 42.5 Å². The van der Waals surface area contributed by atoms with Crippen LogP contribution in [0.1, 0.15) is 99.6 Å². The van der Waals surface area contributed by atoms with Gasteiger partial charge >= 0.3 is 0 Å². The maximum atomic E-state index is 12.1. The van der Waals surface area contributed by atoms with E-state index in [1.165, 1.54) is 30.3 Å². The molecule has 0 unspecified atom stereocenters. The van der Waals surface area contributed by atoms with Gasteiger partial charge in [-0.1, -0.05) is 260 Å². The van der Waals surface area contributed by atoms with Crippen LogP contribution in [0.4, 0.5) is 45.5 Å². The van der Waals surface area contributed by atoms with Crippen molar-refractivity contribution in [2.45, 2.75) is 20.8 Å². The van der Waals surface area contributed by atoms with Gasteiger partial charge < -0.3 is 83.4 Å². The van der Waals surface area contributed by atoms with E-state index in [0.29, 0.717) is 82.3 Å². The number of carbonyl (C=O) groups is 8. The van der Waals surface area contributed by atoms with Gasteiger partial charge in [-0.3, -0.25) is 38.4 Å². The van der Waals surface area contributed by atoms with Gasteiger partial charge in [-0.15, -0.1) is 0 Å². The Morgan fingerprint density at radius 1 is 0.186 bits per heavy atom. The summed E-state index contributed by atoms with van der Waals surface area (Å²) in [7, 11) is 0. The molecule has 0 aliphatic rings. The molecule has 33 heteroatoms. The smallest absolute Gasteiger partial charge is 0.259 e. The number of amides is 8. The molecule has 140 heavy (non-hydrogen) atoms. The Morgan fingerprint density at radius 2 is 0.386 bits per heavy atom. The van der Waals surface area contributed by atoms with Gasteiger partial charge in [0.2, 0.25) is 0 Å². The zero-order chi connectivity index (χ0) is 101. The number of hydrogen-bond donors (Lipinski definition) is 16. The summed E-state index contributed by atoms with van der Waals surface area (Å²) in [5.41, 5.74) is 8.98. The molecule has 0 radical (unpaired) electrons. The van der Waals surface area contributed by atoms with Gasteiger partial charge in [-0.2, -0.15) is 0 Å². The average Bonchev–Trinajstić information content (AvgIpc) is 0.812. The second kappa shape index (κ2) is 55.0. The Morgan fingerprint density at radius 3 is 0.657 bits per heavy atom. The first-order valence-electron chi connectivity index (χ1n) is 41.5. The molecule has 0 atom stereocenters. The molecule has 0 aliphatic heterocycles. The van der Waals surface area contributed by atoms with Crippen molar-refractivity contribution in [3.8, 4) is 46.0 Å². The molecule has 16 aromatic carbocycles. The number of benzene rings is 16. The van der Waals surface area contributed by atoms with Crippen molar-refractivity contribution in [1.82, 2.24) is 0 Å². The lowest BCUT2D eigenvalue weighted by molar-refractivity contribution is 0.101. The molecule has 0 saturated heterocycles. The lowest BCUT2D eigenvalue weighted by Gasteiger charge is -2.09. The molecule has 0 fully saturated rings. The molecule has 0 saturated carbocycles. The fourth-order valence-corrected chi connectivity index (χ4v) is 15.0. The first-order valence-corrected chi connectivity index (χ1v) is 46.9. The van der Waals surface area contributed by atoms with Crippen LogP contribution >= 0.6 is 126 Å². The predicted octanol–water partition coefficient (Wildman–Crippen LogP) is 28.5. The number of aromatic hydroxyl groups is 8. The maximum Gasteiger partial charge on any atom is 0.259 e. The number of rotatable bonds is 16. The van der Waals surface area contributed by atoms with Crippen molar-refractivity contribution in [1.29, 1.82) is 0 Å². The minimum atomic E-state index is -0.393. The van der Waals surface area contributed by atoms with Crippen LogP contribution in [-0.2, 0) is 0 Å². The van der Waals surface area contributed by atoms with Crippen molar-refractivity contribution in [3.05, 3.63) is 468 Å². The quantitative estimate of drug-likeness (QED) is 0.0427. The van der Waals surface area contributed by atoms with Crippen molar-refractivity contribution >= 4 is 219 Å². The molecule has 8 amide bonds. The predicted molar refractivity (Wildman–Crippen MR) is 573 cm³/mol. The number of phenols is 8. The summed E-state index contributed by atoms with van der Waals surface area (Å²) in [6, 6.07) is 102. The zero-order valence-electron chi connectivity index (χ0n) is 73.9. The maximum absolute atomic E-state index is 12.1. The van der Waals surface area contributed by atoms with E-state index in [0.717, 1.165) is 22.4 Å². The number of carbonyl (C=O) groups excluding carboxylic acids is 8. The van der Waals surface area contributed by atoms with E-state index in [4.69, 9.17) is 46.4 Å². The van der Waals surface area contributed by atoms with E-state index >= 15 is 0 Å². The summed E-state index contributed by atoms with van der Waals surface area (Å²) >= 11 is 39.7. The molecule has 0 bridgehead atoms. The van der Waals surface area contributed by atoms with Crippen LogP contribution in [0.3, 0.4) is 0 Å². The third kappa shape index (κ3) is 35.4. The Balaban J connectivity index is 0.000000179. The van der Waals surface area contributed by atoms with Crippen LogP contribution in [0.15, 0.2) is 386 Å². The highest BCUT2D eigenvalue weighted by atomic mass is 79.9. The molecule has 0 spiro atoms. The third-order valence-electron chi connectivity index (χ3n) is 18.9. The monoisotopic (exact) mass is 2270 g/mol. The highest BCUT2D eigenvalue weighted by molar-refractivity contribution is 9.11. The summed E-state index contributed by atoms with van der Waals surface area (Å²) in [5, 5.41) is 101. The Kier molecular flexibility index (Phi) is 42.8. The number of hydrogen-bond acceptors (Lipinski definition) is 16. The summed E-state index contributed by atoms with van der Waals surface area (Å²) in [6.07, 6.45) is 0. The SMILES string of the molecule is Cc1cc(Br)cc(C(=O)Nc2cccc(Cl)c2)c1O.Cc1cc(Br)cc(C(=O)Nc2ccccc2)c1O.Cc1cccc(C(=O)Nc2ccccc2)c1O.O=C(Nc1cccc(Cl)c1)c1cc(Br)ccc1O.O=C(Nc1cccc(Cl)c1)c1cc(Br)ccc1O.O=C(Nc1cccc(Cl)c1)c1ccccc1O.O=C(Nc1ccccc1)c1cc(Br)ccc1O.O=C(Nc1ccccc1)c1ccccc1O. The van der Waals surface area contributed by atoms with Gasteiger partial charge in [0.1, 0.15) is 46.0 Å². The molecule has 0 heterocycles. The van der Waals surface area contributed by atoms with Gasteiger partial charge in [-0.25, -0.2) is 0 Å². The molecule has 712 valence electrons.